The average Bonchev–Trinajstić information content (AvgIpc) is 2.40. The number of rotatable bonds is 6. The van der Waals surface area contributed by atoms with Gasteiger partial charge in [-0.25, -0.2) is 0 Å². The van der Waals surface area contributed by atoms with E-state index in [1.165, 1.54) is 86.8 Å². The Bertz CT molecular complexity index is 229. The predicted octanol–water partition coefficient (Wildman–Crippen LogP) is 2.26. The zero-order valence-corrected chi connectivity index (χ0v) is 13.2. The maximum atomic E-state index is 5.94. The highest BCUT2D eigenvalue weighted by Crippen LogP contribution is 2.17. The normalized spacial score (nSPS) is 26.2. The van der Waals surface area contributed by atoms with E-state index in [2.05, 4.69) is 14.1 Å². The molecule has 2 aliphatic heterocycles. The van der Waals surface area contributed by atoms with Gasteiger partial charge in [0.25, 0.3) is 0 Å². The van der Waals surface area contributed by atoms with E-state index in [4.69, 9.17) is 4.74 Å². The zero-order valence-electron chi connectivity index (χ0n) is 13.2. The first-order chi connectivity index (χ1) is 9.12. The Labute approximate surface area is 119 Å². The second kappa shape index (κ2) is 7.05. The number of hydrogen-bond acceptors (Lipinski definition) is 1. The lowest BCUT2D eigenvalue weighted by Crippen LogP contribution is -2.51. The maximum absolute atomic E-state index is 5.94. The maximum Gasteiger partial charge on any atom is 0.102 e. The van der Waals surface area contributed by atoms with Crippen molar-refractivity contribution in [3.8, 4) is 0 Å². The van der Waals surface area contributed by atoms with Crippen LogP contribution in [0.1, 0.15) is 38.5 Å². The van der Waals surface area contributed by atoms with Crippen molar-refractivity contribution in [3.05, 3.63) is 0 Å². The van der Waals surface area contributed by atoms with Crippen molar-refractivity contribution in [2.24, 2.45) is 0 Å². The fraction of sp³-hybridized carbons (Fsp3) is 1.00. The van der Waals surface area contributed by atoms with Crippen LogP contribution in [0.4, 0.5) is 0 Å². The van der Waals surface area contributed by atoms with Gasteiger partial charge >= 0.3 is 0 Å². The molecule has 2 aliphatic rings. The molecule has 0 radical (unpaired) electrons. The molecule has 112 valence electrons. The molecular weight excluding hydrogens is 236 g/mol. The van der Waals surface area contributed by atoms with Crippen molar-refractivity contribution in [1.82, 2.24) is 0 Å². The van der Waals surface area contributed by atoms with Crippen molar-refractivity contribution < 1.29 is 13.7 Å². The van der Waals surface area contributed by atoms with Crippen LogP contribution >= 0.6 is 0 Å². The van der Waals surface area contributed by atoms with E-state index < -0.39 is 0 Å². The number of piperidine rings is 2. The summed E-state index contributed by atoms with van der Waals surface area (Å²) >= 11 is 0. The van der Waals surface area contributed by atoms with E-state index in [1.54, 1.807) is 0 Å². The van der Waals surface area contributed by atoms with Crippen LogP contribution in [0.5, 0.6) is 0 Å². The lowest BCUT2D eigenvalue weighted by atomic mass is 10.1. The quantitative estimate of drug-likeness (QED) is 0.531. The number of ether oxygens (including phenoxy) is 1. The molecule has 3 nitrogen and oxygen atoms in total. The first-order valence-electron chi connectivity index (χ1n) is 8.37. The molecule has 0 N–H and O–H groups in total. The van der Waals surface area contributed by atoms with Gasteiger partial charge in [-0.3, -0.25) is 0 Å². The van der Waals surface area contributed by atoms with Gasteiger partial charge in [0.1, 0.15) is 13.1 Å². The van der Waals surface area contributed by atoms with Crippen LogP contribution < -0.4 is 0 Å². The summed E-state index contributed by atoms with van der Waals surface area (Å²) in [6.45, 7) is 9.77. The molecule has 0 atom stereocenters. The summed E-state index contributed by atoms with van der Waals surface area (Å²) in [5.41, 5.74) is 0. The molecule has 2 heterocycles. The first-order valence-corrected chi connectivity index (χ1v) is 8.37. The minimum atomic E-state index is 0.955. The van der Waals surface area contributed by atoms with Gasteiger partial charge in [0.2, 0.25) is 0 Å². The Balaban J connectivity index is 1.56. The molecular formula is C16H34N2O+2. The van der Waals surface area contributed by atoms with E-state index in [-0.39, 0.29) is 0 Å². The minimum Gasteiger partial charge on any atom is -0.370 e. The van der Waals surface area contributed by atoms with E-state index in [0.717, 1.165) is 13.2 Å². The summed E-state index contributed by atoms with van der Waals surface area (Å²) in [4.78, 5) is 0. The molecule has 2 saturated heterocycles. The van der Waals surface area contributed by atoms with Crippen LogP contribution in [0, 0.1) is 0 Å². The van der Waals surface area contributed by atoms with Gasteiger partial charge in [-0.05, 0) is 38.5 Å². The summed E-state index contributed by atoms with van der Waals surface area (Å²) < 4.78 is 8.42. The van der Waals surface area contributed by atoms with E-state index in [0.29, 0.717) is 0 Å². The van der Waals surface area contributed by atoms with Gasteiger partial charge in [-0.2, -0.15) is 0 Å². The van der Waals surface area contributed by atoms with Crippen LogP contribution in [0.25, 0.3) is 0 Å². The van der Waals surface area contributed by atoms with Crippen LogP contribution in [0.3, 0.4) is 0 Å². The fourth-order valence-electron chi connectivity index (χ4n) is 3.67. The van der Waals surface area contributed by atoms with Crippen molar-refractivity contribution in [2.45, 2.75) is 38.5 Å². The Kier molecular flexibility index (Phi) is 5.67. The molecule has 2 rings (SSSR count). The standard InChI is InChI=1S/C16H34N2O/c1-17(9-5-3-6-10-17)13-15-19-16-14-18(2)11-7-4-8-12-18/h3-16H2,1-2H3/q+2. The van der Waals surface area contributed by atoms with Crippen LogP contribution in [-0.2, 0) is 4.74 Å². The molecule has 2 fully saturated rings. The van der Waals surface area contributed by atoms with Gasteiger partial charge in [0.15, 0.2) is 0 Å². The molecule has 0 aliphatic carbocycles. The minimum absolute atomic E-state index is 0.955. The molecule has 19 heavy (non-hydrogen) atoms. The first kappa shape index (κ1) is 15.3. The van der Waals surface area contributed by atoms with E-state index in [1.807, 2.05) is 0 Å². The molecule has 0 bridgehead atoms. The van der Waals surface area contributed by atoms with Gasteiger partial charge in [-0.1, -0.05) is 0 Å². The predicted molar refractivity (Wildman–Crippen MR) is 80.1 cm³/mol. The SMILES string of the molecule is C[N+]1(CCOCC[N+]2(C)CCCCC2)CCCCC1. The highest BCUT2D eigenvalue weighted by atomic mass is 16.5. The largest absolute Gasteiger partial charge is 0.370 e. The number of hydrogen-bond donors (Lipinski definition) is 0. The Hall–Kier alpha value is -0.120. The second-order valence-electron chi connectivity index (χ2n) is 7.31. The second-order valence-corrected chi connectivity index (χ2v) is 7.31. The number of likely N-dealkylation sites (tertiary alicyclic amines) is 2. The Morgan fingerprint density at radius 1 is 0.632 bits per heavy atom. The lowest BCUT2D eigenvalue weighted by Gasteiger charge is -2.38. The summed E-state index contributed by atoms with van der Waals surface area (Å²) in [5.74, 6) is 0. The van der Waals surface area contributed by atoms with Gasteiger partial charge < -0.3 is 13.7 Å². The highest BCUT2D eigenvalue weighted by molar-refractivity contribution is 4.53. The monoisotopic (exact) mass is 270 g/mol. The molecule has 0 aromatic heterocycles. The number of likely N-dealkylation sites (N-methyl/N-ethyl adjacent to an activating group) is 2. The smallest absolute Gasteiger partial charge is 0.102 e. The number of nitrogens with zero attached hydrogens (tertiary/aromatic N) is 2. The third kappa shape index (κ3) is 5.05. The molecule has 0 spiro atoms. The van der Waals surface area contributed by atoms with Crippen molar-refractivity contribution in [3.63, 3.8) is 0 Å². The number of quaternary nitrogens is 2. The summed E-state index contributed by atoms with van der Waals surface area (Å²) in [7, 11) is 4.81. The van der Waals surface area contributed by atoms with E-state index in [9.17, 15) is 0 Å². The third-order valence-electron chi connectivity index (χ3n) is 5.34. The van der Waals surface area contributed by atoms with Crippen molar-refractivity contribution in [1.29, 1.82) is 0 Å². The third-order valence-corrected chi connectivity index (χ3v) is 5.34. The molecule has 0 amide bonds. The average molecular weight is 270 g/mol. The Morgan fingerprint density at radius 2 is 1.00 bits per heavy atom. The lowest BCUT2D eigenvalue weighted by molar-refractivity contribution is -0.917. The Morgan fingerprint density at radius 3 is 1.37 bits per heavy atom. The summed E-state index contributed by atoms with van der Waals surface area (Å²) in [6.07, 6.45) is 8.50. The highest BCUT2D eigenvalue weighted by Gasteiger charge is 2.26. The van der Waals surface area contributed by atoms with Crippen molar-refractivity contribution >= 4 is 0 Å². The molecule has 0 saturated carbocycles. The van der Waals surface area contributed by atoms with Gasteiger partial charge in [-0.15, -0.1) is 0 Å². The van der Waals surface area contributed by atoms with Crippen molar-refractivity contribution in [2.75, 3.05) is 66.6 Å². The molecule has 0 unspecified atom stereocenters. The molecule has 3 heteroatoms. The van der Waals surface area contributed by atoms with Gasteiger partial charge in [0.05, 0.1) is 53.5 Å². The van der Waals surface area contributed by atoms with Gasteiger partial charge in [0, 0.05) is 0 Å². The van der Waals surface area contributed by atoms with Crippen LogP contribution in [0.15, 0.2) is 0 Å². The van der Waals surface area contributed by atoms with E-state index >= 15 is 0 Å². The zero-order chi connectivity index (χ0) is 13.6. The van der Waals surface area contributed by atoms with Crippen LogP contribution in [-0.4, -0.2) is 75.5 Å². The topological polar surface area (TPSA) is 9.23 Å². The fourth-order valence-corrected chi connectivity index (χ4v) is 3.67. The molecule has 0 aromatic rings. The molecule has 0 aromatic carbocycles. The summed E-state index contributed by atoms with van der Waals surface area (Å²) in [6, 6.07) is 0. The van der Waals surface area contributed by atoms with Crippen LogP contribution in [0.2, 0.25) is 0 Å². The summed E-state index contributed by atoms with van der Waals surface area (Å²) in [5, 5.41) is 0.